The van der Waals surface area contributed by atoms with E-state index in [0.29, 0.717) is 36.3 Å². The zero-order valence-corrected chi connectivity index (χ0v) is 26.8. The molecule has 3 amide bonds. The van der Waals surface area contributed by atoms with E-state index in [1.807, 2.05) is 36.0 Å². The van der Waals surface area contributed by atoms with Gasteiger partial charge in [-0.1, -0.05) is 18.2 Å². The summed E-state index contributed by atoms with van der Waals surface area (Å²) >= 11 is 0. The molecular formula is C34H39N5O7. The summed E-state index contributed by atoms with van der Waals surface area (Å²) in [6.45, 7) is 6.59. The summed E-state index contributed by atoms with van der Waals surface area (Å²) in [5, 5.41) is 4.77. The Morgan fingerprint density at radius 1 is 1.02 bits per heavy atom. The van der Waals surface area contributed by atoms with Crippen LogP contribution < -0.4 is 9.64 Å². The Morgan fingerprint density at radius 2 is 1.74 bits per heavy atom. The Balaban J connectivity index is 1.14. The second-order valence-electron chi connectivity index (χ2n) is 12.8. The molecule has 1 saturated heterocycles. The molecular weight excluding hydrogens is 590 g/mol. The van der Waals surface area contributed by atoms with Crippen LogP contribution >= 0.6 is 0 Å². The van der Waals surface area contributed by atoms with Gasteiger partial charge in [0.1, 0.15) is 23.5 Å². The lowest BCUT2D eigenvalue weighted by Crippen LogP contribution is -2.44. The summed E-state index contributed by atoms with van der Waals surface area (Å²) < 4.78 is 18.7. The van der Waals surface area contributed by atoms with Crippen molar-refractivity contribution in [2.45, 2.75) is 64.2 Å². The molecule has 0 N–H and O–H groups in total. The van der Waals surface area contributed by atoms with Crippen LogP contribution in [0.2, 0.25) is 0 Å². The maximum absolute atomic E-state index is 12.9. The van der Waals surface area contributed by atoms with Crippen molar-refractivity contribution in [2.75, 3.05) is 31.6 Å². The highest BCUT2D eigenvalue weighted by atomic mass is 16.6. The van der Waals surface area contributed by atoms with Crippen LogP contribution in [0.3, 0.4) is 0 Å². The summed E-state index contributed by atoms with van der Waals surface area (Å²) in [5.74, 6) is -0.392. The van der Waals surface area contributed by atoms with Crippen LogP contribution in [0.5, 0.6) is 5.75 Å². The summed E-state index contributed by atoms with van der Waals surface area (Å²) in [5.41, 5.74) is 4.19. The smallest absolute Gasteiger partial charge is 0.411 e. The number of likely N-dealkylation sites (tertiary alicyclic amines) is 1. The number of fused-ring (bicyclic) bond motifs is 2. The summed E-state index contributed by atoms with van der Waals surface area (Å²) in [4.78, 5) is 56.0. The van der Waals surface area contributed by atoms with Crippen molar-refractivity contribution in [3.8, 4) is 5.75 Å². The minimum atomic E-state index is -0.799. The van der Waals surface area contributed by atoms with Gasteiger partial charge in [0.25, 0.3) is 11.8 Å². The van der Waals surface area contributed by atoms with Crippen LogP contribution in [0.1, 0.15) is 65.7 Å². The Hall–Kier alpha value is -4.87. The predicted molar refractivity (Wildman–Crippen MR) is 168 cm³/mol. The molecule has 4 heterocycles. The lowest BCUT2D eigenvalue weighted by molar-refractivity contribution is -0.145. The van der Waals surface area contributed by atoms with Crippen LogP contribution in [-0.4, -0.2) is 87.9 Å². The van der Waals surface area contributed by atoms with E-state index in [1.165, 1.54) is 16.9 Å². The van der Waals surface area contributed by atoms with E-state index in [9.17, 15) is 19.2 Å². The minimum Gasteiger partial charge on any atom is -0.488 e. The number of aryl methyl sites for hydroxylation is 1. The first-order valence-corrected chi connectivity index (χ1v) is 15.6. The third-order valence-corrected chi connectivity index (χ3v) is 8.52. The van der Waals surface area contributed by atoms with Gasteiger partial charge in [-0.05, 0) is 57.9 Å². The van der Waals surface area contributed by atoms with E-state index in [4.69, 9.17) is 19.3 Å². The van der Waals surface area contributed by atoms with Crippen molar-refractivity contribution in [1.82, 2.24) is 19.6 Å². The highest BCUT2D eigenvalue weighted by molar-refractivity contribution is 6.21. The molecule has 2 atom stereocenters. The van der Waals surface area contributed by atoms with Gasteiger partial charge in [0, 0.05) is 44.7 Å². The van der Waals surface area contributed by atoms with Gasteiger partial charge in [0.15, 0.2) is 0 Å². The van der Waals surface area contributed by atoms with Gasteiger partial charge in [0.05, 0.1) is 41.9 Å². The Morgan fingerprint density at radius 3 is 2.41 bits per heavy atom. The first-order chi connectivity index (χ1) is 21.9. The average molecular weight is 630 g/mol. The van der Waals surface area contributed by atoms with E-state index >= 15 is 0 Å². The van der Waals surface area contributed by atoms with Crippen LogP contribution in [0.4, 0.5) is 16.2 Å². The molecule has 242 valence electrons. The standard InChI is InChI=1S/C34H39N5O7/c1-34(2,3)46-33(43)39-20-23(19-28(39)32(42)44-5)45-22-11-8-10-21(18-22)37-17-15-26-29(37)27(36(4)35-26)14-9-16-38-30(40)24-12-6-7-13-25(24)31(38)41/h6-8,10-13,18,23,28H,9,14-17,19-20H2,1-5H3/t23-,28-/m0/s1. The number of esters is 1. The van der Waals surface area contributed by atoms with Gasteiger partial charge in [-0.25, -0.2) is 9.59 Å². The Kier molecular flexibility index (Phi) is 8.22. The fourth-order valence-corrected chi connectivity index (χ4v) is 6.49. The number of rotatable bonds is 8. The quantitative estimate of drug-likeness (QED) is 0.265. The molecule has 46 heavy (non-hydrogen) atoms. The molecule has 0 unspecified atom stereocenters. The molecule has 0 spiro atoms. The summed E-state index contributed by atoms with van der Waals surface area (Å²) in [6, 6.07) is 13.9. The molecule has 12 nitrogen and oxygen atoms in total. The molecule has 0 bridgehead atoms. The number of amides is 3. The van der Waals surface area contributed by atoms with Crippen molar-refractivity contribution in [2.24, 2.45) is 7.05 Å². The van der Waals surface area contributed by atoms with Gasteiger partial charge in [-0.2, -0.15) is 5.10 Å². The van der Waals surface area contributed by atoms with Gasteiger partial charge in [-0.3, -0.25) is 24.1 Å². The van der Waals surface area contributed by atoms with Crippen molar-refractivity contribution >= 4 is 35.3 Å². The molecule has 0 saturated carbocycles. The number of hydrogen-bond donors (Lipinski definition) is 0. The molecule has 2 aromatic carbocycles. The number of imide groups is 1. The number of carbonyl (C=O) groups excluding carboxylic acids is 4. The molecule has 3 aromatic rings. The van der Waals surface area contributed by atoms with Crippen LogP contribution in [0, 0.1) is 0 Å². The maximum Gasteiger partial charge on any atom is 0.411 e. The lowest BCUT2D eigenvalue weighted by Gasteiger charge is -2.27. The number of carbonyl (C=O) groups is 4. The van der Waals surface area contributed by atoms with E-state index in [1.54, 1.807) is 45.0 Å². The van der Waals surface area contributed by atoms with Crippen molar-refractivity contribution in [3.05, 3.63) is 71.0 Å². The molecule has 0 aliphatic carbocycles. The SMILES string of the molecule is COC(=O)[C@@H]1C[C@H](Oc2cccc(N3CCc4nn(C)c(CCCN5C(=O)c6ccccc6C5=O)c43)c2)CN1C(=O)OC(C)(C)C. The fraction of sp³-hybridized carbons (Fsp3) is 0.441. The minimum absolute atomic E-state index is 0.187. The van der Waals surface area contributed by atoms with Crippen molar-refractivity contribution in [1.29, 1.82) is 0 Å². The number of aromatic nitrogens is 2. The second kappa shape index (κ2) is 12.1. The summed E-state index contributed by atoms with van der Waals surface area (Å²) in [7, 11) is 3.22. The van der Waals surface area contributed by atoms with Crippen LogP contribution in [0.15, 0.2) is 48.5 Å². The van der Waals surface area contributed by atoms with Crippen LogP contribution in [-0.2, 0) is 34.2 Å². The van der Waals surface area contributed by atoms with Gasteiger partial charge in [0.2, 0.25) is 0 Å². The molecule has 1 fully saturated rings. The highest BCUT2D eigenvalue weighted by Gasteiger charge is 2.43. The topological polar surface area (TPSA) is 124 Å². The first-order valence-electron chi connectivity index (χ1n) is 15.6. The molecule has 3 aliphatic rings. The average Bonchev–Trinajstić information content (AvgIpc) is 3.76. The fourth-order valence-electron chi connectivity index (χ4n) is 6.49. The van der Waals surface area contributed by atoms with Gasteiger partial charge >= 0.3 is 12.1 Å². The number of anilines is 2. The highest BCUT2D eigenvalue weighted by Crippen LogP contribution is 2.39. The predicted octanol–water partition coefficient (Wildman–Crippen LogP) is 4.27. The number of benzene rings is 2. The number of hydrogen-bond acceptors (Lipinski definition) is 9. The van der Waals surface area contributed by atoms with Gasteiger partial charge in [-0.15, -0.1) is 0 Å². The van der Waals surface area contributed by atoms with Crippen molar-refractivity contribution < 1.29 is 33.4 Å². The van der Waals surface area contributed by atoms with Crippen LogP contribution in [0.25, 0.3) is 0 Å². The van der Waals surface area contributed by atoms with E-state index in [2.05, 4.69) is 4.90 Å². The number of methoxy groups -OCH3 is 1. The summed E-state index contributed by atoms with van der Waals surface area (Å²) in [6.07, 6.45) is 1.28. The Labute approximate surface area is 267 Å². The first kappa shape index (κ1) is 31.1. The molecule has 12 heteroatoms. The molecule has 1 aromatic heterocycles. The normalized spacial score (nSPS) is 19.0. The number of ether oxygens (including phenoxy) is 3. The molecule has 6 rings (SSSR count). The molecule has 3 aliphatic heterocycles. The van der Waals surface area contributed by atoms with E-state index in [-0.39, 0.29) is 24.8 Å². The zero-order valence-electron chi connectivity index (χ0n) is 26.8. The lowest BCUT2D eigenvalue weighted by atomic mass is 10.1. The molecule has 0 radical (unpaired) electrons. The third kappa shape index (κ3) is 5.91. The Bertz CT molecular complexity index is 1660. The van der Waals surface area contributed by atoms with E-state index < -0.39 is 29.8 Å². The van der Waals surface area contributed by atoms with E-state index in [0.717, 1.165) is 35.7 Å². The maximum atomic E-state index is 12.9. The second-order valence-corrected chi connectivity index (χ2v) is 12.8. The largest absolute Gasteiger partial charge is 0.488 e. The monoisotopic (exact) mass is 629 g/mol. The van der Waals surface area contributed by atoms with Gasteiger partial charge < -0.3 is 19.1 Å². The third-order valence-electron chi connectivity index (χ3n) is 8.52. The van der Waals surface area contributed by atoms with Crippen molar-refractivity contribution in [3.63, 3.8) is 0 Å². The number of nitrogens with zero attached hydrogens (tertiary/aromatic N) is 5. The zero-order chi connectivity index (χ0) is 32.7.